The predicted octanol–water partition coefficient (Wildman–Crippen LogP) is 9.39. The van der Waals surface area contributed by atoms with E-state index in [1.54, 1.807) is 18.2 Å². The molecule has 1 atom stereocenters. The quantitative estimate of drug-likeness (QED) is 0.0565. The highest BCUT2D eigenvalue weighted by molar-refractivity contribution is 7.98. The van der Waals surface area contributed by atoms with E-state index in [0.29, 0.717) is 61.7 Å². The van der Waals surface area contributed by atoms with E-state index < -0.39 is 19.7 Å². The first-order valence-corrected chi connectivity index (χ1v) is 20.0. The Morgan fingerprint density at radius 1 is 1.00 bits per heavy atom. The van der Waals surface area contributed by atoms with Crippen molar-refractivity contribution in [3.63, 3.8) is 0 Å². The number of pyridine rings is 1. The highest BCUT2D eigenvalue weighted by atomic mass is 32.2. The molecule has 0 N–H and O–H groups in total. The van der Waals surface area contributed by atoms with Crippen molar-refractivity contribution < 1.29 is 23.0 Å². The van der Waals surface area contributed by atoms with Gasteiger partial charge in [0.1, 0.15) is 48.7 Å². The maximum atomic E-state index is 17.2. The lowest BCUT2D eigenvalue weighted by Crippen LogP contribution is -2.43. The van der Waals surface area contributed by atoms with Gasteiger partial charge in [0.15, 0.2) is 17.8 Å². The van der Waals surface area contributed by atoms with Crippen LogP contribution in [-0.4, -0.2) is 61.9 Å². The average molecular weight is 693 g/mol. The molecule has 0 aliphatic carbocycles. The molecular formula is C37H46F2N4O3SSi. The minimum atomic E-state index is -2.25. The van der Waals surface area contributed by atoms with Crippen molar-refractivity contribution in [2.75, 3.05) is 31.7 Å². The maximum absolute atomic E-state index is 17.2. The Labute approximate surface area is 288 Å². The lowest BCUT2D eigenvalue weighted by atomic mass is 9.95. The van der Waals surface area contributed by atoms with Crippen LogP contribution in [0.3, 0.4) is 0 Å². The molecule has 1 aliphatic rings. The summed E-state index contributed by atoms with van der Waals surface area (Å²) < 4.78 is 50.6. The number of anilines is 1. The van der Waals surface area contributed by atoms with Gasteiger partial charge in [-0.25, -0.2) is 23.7 Å². The Balaban J connectivity index is 1.91. The number of thioether (sulfide) groups is 1. The number of benzene rings is 2. The SMILES string of the molecule is COCOc1cc(-c2nc3c4c(nc(SC)nc4c2F)N(C(C)C)[C@@H](C)CO3)c2c(C#C[Si](C(C)C)(C(C)C)C(C)C)c(F)ccc2c1. The topological polar surface area (TPSA) is 69.6 Å². The molecule has 3 heterocycles. The molecule has 0 fully saturated rings. The van der Waals surface area contributed by atoms with Gasteiger partial charge in [-0.15, -0.1) is 5.54 Å². The van der Waals surface area contributed by atoms with E-state index in [1.165, 1.54) is 24.9 Å². The molecule has 2 aromatic heterocycles. The van der Waals surface area contributed by atoms with Crippen LogP contribution >= 0.6 is 11.8 Å². The Hall–Kier alpha value is -3.46. The molecule has 48 heavy (non-hydrogen) atoms. The summed E-state index contributed by atoms with van der Waals surface area (Å²) in [5.74, 6) is 3.41. The summed E-state index contributed by atoms with van der Waals surface area (Å²) in [7, 11) is -0.723. The highest BCUT2D eigenvalue weighted by Gasteiger charge is 2.42. The maximum Gasteiger partial charge on any atom is 0.227 e. The van der Waals surface area contributed by atoms with Crippen molar-refractivity contribution in [2.24, 2.45) is 0 Å². The zero-order chi connectivity index (χ0) is 35.1. The molecule has 0 radical (unpaired) electrons. The Kier molecular flexibility index (Phi) is 10.6. The van der Waals surface area contributed by atoms with Crippen LogP contribution in [0, 0.1) is 23.1 Å². The summed E-state index contributed by atoms with van der Waals surface area (Å²) >= 11 is 1.33. The highest BCUT2D eigenvalue weighted by Crippen LogP contribution is 2.44. The standard InChI is InChI=1S/C37H46F2N4O3SSi/c1-20(2)43-24(9)18-45-36-31-34(41-37(47-11)42-35(31)43)32(39)33(40-36)28-17-26(46-19-44-10)16-25-12-13-29(38)27(30(25)28)14-15-48(21(3)4,22(5)6)23(7)8/h12-13,16-17,20-24H,18-19H2,1-11H3/t24-/m0/s1. The average Bonchev–Trinajstić information content (AvgIpc) is 3.17. The fraction of sp³-hybridized carbons (Fsp3) is 0.486. The van der Waals surface area contributed by atoms with Crippen LogP contribution < -0.4 is 14.4 Å². The van der Waals surface area contributed by atoms with Gasteiger partial charge in [-0.2, -0.15) is 0 Å². The van der Waals surface area contributed by atoms with E-state index in [4.69, 9.17) is 24.2 Å². The normalized spacial score (nSPS) is 15.0. The Morgan fingerprint density at radius 2 is 1.69 bits per heavy atom. The number of ether oxygens (including phenoxy) is 3. The van der Waals surface area contributed by atoms with Gasteiger partial charge in [0.05, 0.1) is 11.6 Å². The zero-order valence-electron chi connectivity index (χ0n) is 29.8. The summed E-state index contributed by atoms with van der Waals surface area (Å²) in [5, 5.41) is 1.93. The van der Waals surface area contributed by atoms with Gasteiger partial charge in [0, 0.05) is 24.1 Å². The molecule has 0 saturated heterocycles. The summed E-state index contributed by atoms with van der Waals surface area (Å²) in [4.78, 5) is 16.4. The van der Waals surface area contributed by atoms with Gasteiger partial charge in [0.2, 0.25) is 5.88 Å². The largest absolute Gasteiger partial charge is 0.475 e. The minimum absolute atomic E-state index is 0.0251. The summed E-state index contributed by atoms with van der Waals surface area (Å²) in [5.41, 5.74) is 5.31. The Bertz CT molecular complexity index is 1890. The van der Waals surface area contributed by atoms with Crippen LogP contribution in [0.4, 0.5) is 14.6 Å². The number of methoxy groups -OCH3 is 1. The predicted molar refractivity (Wildman–Crippen MR) is 195 cm³/mol. The van der Waals surface area contributed by atoms with E-state index in [2.05, 4.69) is 76.7 Å². The molecule has 11 heteroatoms. The van der Waals surface area contributed by atoms with Crippen molar-refractivity contribution >= 4 is 47.3 Å². The number of rotatable bonds is 9. The van der Waals surface area contributed by atoms with Crippen molar-refractivity contribution in [1.29, 1.82) is 0 Å². The lowest BCUT2D eigenvalue weighted by Gasteiger charge is -2.38. The fourth-order valence-electron chi connectivity index (χ4n) is 7.44. The fourth-order valence-corrected chi connectivity index (χ4v) is 13.0. The molecule has 2 aromatic carbocycles. The zero-order valence-corrected chi connectivity index (χ0v) is 31.6. The molecule has 7 nitrogen and oxygen atoms in total. The molecule has 1 aliphatic heterocycles. The summed E-state index contributed by atoms with van der Waals surface area (Å²) in [6, 6.07) is 6.53. The number of hydrogen-bond acceptors (Lipinski definition) is 8. The van der Waals surface area contributed by atoms with Crippen molar-refractivity contribution in [2.45, 2.75) is 96.2 Å². The number of halogens is 2. The van der Waals surface area contributed by atoms with Gasteiger partial charge in [-0.05, 0) is 67.2 Å². The molecule has 0 amide bonds. The third-order valence-electron chi connectivity index (χ3n) is 9.54. The summed E-state index contributed by atoms with van der Waals surface area (Å²) in [6.07, 6.45) is 1.86. The molecule has 0 bridgehead atoms. The van der Waals surface area contributed by atoms with E-state index in [-0.39, 0.29) is 41.5 Å². The van der Waals surface area contributed by atoms with Crippen LogP contribution in [-0.2, 0) is 4.74 Å². The molecular weight excluding hydrogens is 647 g/mol. The monoisotopic (exact) mass is 692 g/mol. The van der Waals surface area contributed by atoms with Crippen molar-refractivity contribution in [1.82, 2.24) is 15.0 Å². The minimum Gasteiger partial charge on any atom is -0.475 e. The number of fused-ring (bicyclic) bond motifs is 1. The first-order valence-electron chi connectivity index (χ1n) is 16.5. The van der Waals surface area contributed by atoms with Crippen molar-refractivity contribution in [3.8, 4) is 34.4 Å². The van der Waals surface area contributed by atoms with Crippen LogP contribution in [0.25, 0.3) is 32.9 Å². The van der Waals surface area contributed by atoms with Gasteiger partial charge in [-0.3, -0.25) is 0 Å². The molecule has 0 spiro atoms. The second-order valence-electron chi connectivity index (χ2n) is 13.7. The molecule has 256 valence electrons. The lowest BCUT2D eigenvalue weighted by molar-refractivity contribution is 0.0512. The van der Waals surface area contributed by atoms with Crippen LogP contribution in [0.5, 0.6) is 11.6 Å². The van der Waals surface area contributed by atoms with Gasteiger partial charge >= 0.3 is 0 Å². The number of hydrogen-bond donors (Lipinski definition) is 0. The van der Waals surface area contributed by atoms with E-state index in [0.717, 1.165) is 0 Å². The molecule has 0 unspecified atom stereocenters. The smallest absolute Gasteiger partial charge is 0.227 e. The van der Waals surface area contributed by atoms with E-state index in [1.807, 2.05) is 13.2 Å². The van der Waals surface area contributed by atoms with E-state index in [9.17, 15) is 0 Å². The van der Waals surface area contributed by atoms with E-state index >= 15 is 8.78 Å². The van der Waals surface area contributed by atoms with Gasteiger partial charge in [0.25, 0.3) is 0 Å². The van der Waals surface area contributed by atoms with Crippen LogP contribution in [0.1, 0.15) is 67.9 Å². The summed E-state index contributed by atoms with van der Waals surface area (Å²) in [6.45, 7) is 19.8. The second kappa shape index (κ2) is 14.2. The van der Waals surface area contributed by atoms with Crippen molar-refractivity contribution in [3.05, 3.63) is 41.5 Å². The molecule has 5 rings (SSSR count). The first-order chi connectivity index (χ1) is 22.8. The van der Waals surface area contributed by atoms with Gasteiger partial charge in [-0.1, -0.05) is 65.3 Å². The number of nitrogens with zero attached hydrogens (tertiary/aromatic N) is 4. The third kappa shape index (κ3) is 6.23. The third-order valence-corrected chi connectivity index (χ3v) is 16.4. The molecule has 4 aromatic rings. The van der Waals surface area contributed by atoms with Crippen LogP contribution in [0.2, 0.25) is 16.6 Å². The van der Waals surface area contributed by atoms with Gasteiger partial charge < -0.3 is 19.1 Å². The second-order valence-corrected chi connectivity index (χ2v) is 20.0. The van der Waals surface area contributed by atoms with Crippen LogP contribution in [0.15, 0.2) is 29.4 Å². The number of aromatic nitrogens is 3. The first kappa shape index (κ1) is 35.8. The Morgan fingerprint density at radius 3 is 2.29 bits per heavy atom. The molecule has 0 saturated carbocycles.